The first-order valence-electron chi connectivity index (χ1n) is 6.99. The predicted molar refractivity (Wildman–Crippen MR) is 78.9 cm³/mol. The van der Waals surface area contributed by atoms with Crippen LogP contribution in [0, 0.1) is 5.82 Å². The minimum absolute atomic E-state index is 0.194. The molecule has 0 aliphatic carbocycles. The molecule has 1 aromatic rings. The van der Waals surface area contributed by atoms with Crippen molar-refractivity contribution >= 4 is 17.7 Å². The largest absolute Gasteiger partial charge is 0.481 e. The van der Waals surface area contributed by atoms with Gasteiger partial charge in [-0.15, -0.1) is 0 Å². The maximum absolute atomic E-state index is 12.8. The zero-order valence-electron chi connectivity index (χ0n) is 12.1. The first-order chi connectivity index (χ1) is 10.0. The molecular formula is C15H21FN2O3. The molecule has 0 saturated heterocycles. The second-order valence-corrected chi connectivity index (χ2v) is 4.83. The number of rotatable bonds is 8. The van der Waals surface area contributed by atoms with Crippen molar-refractivity contribution in [3.05, 3.63) is 30.1 Å². The molecule has 0 heterocycles. The monoisotopic (exact) mass is 296 g/mol. The smallest absolute Gasteiger partial charge is 0.321 e. The van der Waals surface area contributed by atoms with Gasteiger partial charge in [0.15, 0.2) is 0 Å². The molecule has 21 heavy (non-hydrogen) atoms. The molecule has 116 valence electrons. The molecule has 0 unspecified atom stereocenters. The third-order valence-electron chi connectivity index (χ3n) is 3.11. The Labute approximate surface area is 123 Å². The maximum atomic E-state index is 12.8. The summed E-state index contributed by atoms with van der Waals surface area (Å²) in [6.45, 7) is 0.539. The van der Waals surface area contributed by atoms with E-state index < -0.39 is 5.97 Å². The van der Waals surface area contributed by atoms with E-state index in [1.54, 1.807) is 19.2 Å². The Hall–Kier alpha value is -2.11. The van der Waals surface area contributed by atoms with E-state index >= 15 is 0 Å². The molecule has 6 heteroatoms. The molecule has 1 aromatic carbocycles. The van der Waals surface area contributed by atoms with Crippen LogP contribution in [-0.4, -0.2) is 30.7 Å². The fourth-order valence-electron chi connectivity index (χ4n) is 1.85. The van der Waals surface area contributed by atoms with E-state index in [1.165, 1.54) is 17.0 Å². The minimum atomic E-state index is -0.774. The summed E-state index contributed by atoms with van der Waals surface area (Å²) in [5.74, 6) is -1.11. The Bertz CT molecular complexity index is 462. The van der Waals surface area contributed by atoms with E-state index in [9.17, 15) is 14.0 Å². The molecular weight excluding hydrogens is 275 g/mol. The van der Waals surface area contributed by atoms with Gasteiger partial charge in [-0.3, -0.25) is 9.69 Å². The summed E-state index contributed by atoms with van der Waals surface area (Å²) in [5, 5.41) is 11.3. The van der Waals surface area contributed by atoms with Gasteiger partial charge in [0.2, 0.25) is 0 Å². The highest BCUT2D eigenvalue weighted by atomic mass is 19.1. The first-order valence-corrected chi connectivity index (χ1v) is 6.99. The zero-order chi connectivity index (χ0) is 15.7. The van der Waals surface area contributed by atoms with Gasteiger partial charge < -0.3 is 10.4 Å². The Morgan fingerprint density at radius 1 is 1.14 bits per heavy atom. The number of hydrogen-bond donors (Lipinski definition) is 2. The van der Waals surface area contributed by atoms with E-state index in [4.69, 9.17) is 5.11 Å². The lowest BCUT2D eigenvalue weighted by Crippen LogP contribution is -2.37. The summed E-state index contributed by atoms with van der Waals surface area (Å²) in [6.07, 6.45) is 3.39. The molecule has 0 atom stereocenters. The summed E-state index contributed by atoms with van der Waals surface area (Å²) in [7, 11) is 1.62. The number of carbonyl (C=O) groups excluding carboxylic acids is 1. The van der Waals surface area contributed by atoms with Crippen molar-refractivity contribution in [3.8, 4) is 0 Å². The number of benzene rings is 1. The Morgan fingerprint density at radius 3 is 2.38 bits per heavy atom. The molecule has 0 fully saturated rings. The van der Waals surface area contributed by atoms with Gasteiger partial charge in [0.1, 0.15) is 5.82 Å². The lowest BCUT2D eigenvalue weighted by Gasteiger charge is -2.18. The highest BCUT2D eigenvalue weighted by molar-refractivity contribution is 5.91. The number of halogens is 1. The van der Waals surface area contributed by atoms with E-state index in [1.807, 2.05) is 0 Å². The first kappa shape index (κ1) is 16.9. The highest BCUT2D eigenvalue weighted by Crippen LogP contribution is 2.13. The summed E-state index contributed by atoms with van der Waals surface area (Å²) in [6, 6.07) is 5.46. The second kappa shape index (κ2) is 8.94. The molecule has 0 radical (unpaired) electrons. The van der Waals surface area contributed by atoms with Gasteiger partial charge in [0.25, 0.3) is 0 Å². The van der Waals surface area contributed by atoms with Crippen molar-refractivity contribution in [3.63, 3.8) is 0 Å². The molecule has 5 nitrogen and oxygen atoms in total. The topological polar surface area (TPSA) is 69.6 Å². The number of unbranched alkanes of at least 4 members (excludes halogenated alkanes) is 3. The number of carboxylic acids is 1. The van der Waals surface area contributed by atoms with Crippen LogP contribution >= 0.6 is 0 Å². The number of urea groups is 1. The van der Waals surface area contributed by atoms with Crippen LogP contribution in [0.4, 0.5) is 14.9 Å². The van der Waals surface area contributed by atoms with Crippen molar-refractivity contribution in [2.45, 2.75) is 32.1 Å². The number of anilines is 1. The summed E-state index contributed by atoms with van der Waals surface area (Å²) < 4.78 is 12.8. The van der Waals surface area contributed by atoms with Gasteiger partial charge >= 0.3 is 12.0 Å². The van der Waals surface area contributed by atoms with Crippen molar-refractivity contribution in [2.75, 3.05) is 18.5 Å². The van der Waals surface area contributed by atoms with E-state index in [0.717, 1.165) is 19.3 Å². The van der Waals surface area contributed by atoms with Gasteiger partial charge in [-0.1, -0.05) is 12.8 Å². The molecule has 0 aromatic heterocycles. The Morgan fingerprint density at radius 2 is 1.76 bits per heavy atom. The van der Waals surface area contributed by atoms with Gasteiger partial charge in [-0.25, -0.2) is 9.18 Å². The van der Waals surface area contributed by atoms with Crippen molar-refractivity contribution in [2.24, 2.45) is 0 Å². The fraction of sp³-hybridized carbons (Fsp3) is 0.467. The number of carbonyl (C=O) groups is 2. The van der Waals surface area contributed by atoms with Crippen LogP contribution in [0.5, 0.6) is 0 Å². The standard InChI is InChI=1S/C15H21FN2O3/c1-18(13-9-7-12(16)8-10-13)15(21)17-11-5-3-2-4-6-14(19)20/h7-10H,2-6,11H2,1H3,(H,17,21)(H,19,20). The third kappa shape index (κ3) is 6.74. The number of carboxylic acid groups (broad SMARTS) is 1. The average Bonchev–Trinajstić information content (AvgIpc) is 2.45. The van der Waals surface area contributed by atoms with E-state index in [0.29, 0.717) is 18.7 Å². The number of hydrogen-bond acceptors (Lipinski definition) is 2. The average molecular weight is 296 g/mol. The van der Waals surface area contributed by atoms with Crippen LogP contribution < -0.4 is 10.2 Å². The van der Waals surface area contributed by atoms with Gasteiger partial charge in [0, 0.05) is 25.7 Å². The van der Waals surface area contributed by atoms with Crippen molar-refractivity contribution in [1.29, 1.82) is 0 Å². The van der Waals surface area contributed by atoms with E-state index in [-0.39, 0.29) is 18.3 Å². The highest BCUT2D eigenvalue weighted by Gasteiger charge is 2.09. The maximum Gasteiger partial charge on any atom is 0.321 e. The number of nitrogens with one attached hydrogen (secondary N) is 1. The Balaban J connectivity index is 2.18. The molecule has 2 N–H and O–H groups in total. The lowest BCUT2D eigenvalue weighted by atomic mass is 10.1. The molecule has 2 amide bonds. The second-order valence-electron chi connectivity index (χ2n) is 4.83. The summed E-state index contributed by atoms with van der Waals surface area (Å²) in [5.41, 5.74) is 0.621. The van der Waals surface area contributed by atoms with Crippen LogP contribution in [0.15, 0.2) is 24.3 Å². The van der Waals surface area contributed by atoms with Gasteiger partial charge in [0.05, 0.1) is 0 Å². The molecule has 1 rings (SSSR count). The Kier molecular flexibility index (Phi) is 7.21. The molecule has 0 aliphatic rings. The molecule has 0 bridgehead atoms. The number of nitrogens with zero attached hydrogens (tertiary/aromatic N) is 1. The predicted octanol–water partition coefficient (Wildman–Crippen LogP) is 3.01. The lowest BCUT2D eigenvalue weighted by molar-refractivity contribution is -0.137. The van der Waals surface area contributed by atoms with Crippen LogP contribution in [0.3, 0.4) is 0 Å². The molecule has 0 saturated carbocycles. The molecule has 0 aliphatic heterocycles. The van der Waals surface area contributed by atoms with Gasteiger partial charge in [-0.2, -0.15) is 0 Å². The van der Waals surface area contributed by atoms with Crippen molar-refractivity contribution in [1.82, 2.24) is 5.32 Å². The zero-order valence-corrected chi connectivity index (χ0v) is 12.1. The quantitative estimate of drug-likeness (QED) is 0.724. The number of amides is 2. The summed E-state index contributed by atoms with van der Waals surface area (Å²) >= 11 is 0. The minimum Gasteiger partial charge on any atom is -0.481 e. The van der Waals surface area contributed by atoms with Crippen LogP contribution in [0.25, 0.3) is 0 Å². The third-order valence-corrected chi connectivity index (χ3v) is 3.11. The summed E-state index contributed by atoms with van der Waals surface area (Å²) in [4.78, 5) is 23.6. The normalized spacial score (nSPS) is 10.2. The molecule has 0 spiro atoms. The number of aliphatic carboxylic acids is 1. The SMILES string of the molecule is CN(C(=O)NCCCCCCC(=O)O)c1ccc(F)cc1. The van der Waals surface area contributed by atoms with Crippen LogP contribution in [0.2, 0.25) is 0 Å². The fourth-order valence-corrected chi connectivity index (χ4v) is 1.85. The van der Waals surface area contributed by atoms with E-state index in [2.05, 4.69) is 5.32 Å². The van der Waals surface area contributed by atoms with Gasteiger partial charge in [-0.05, 0) is 37.1 Å². The van der Waals surface area contributed by atoms with Crippen LogP contribution in [-0.2, 0) is 4.79 Å². The van der Waals surface area contributed by atoms with Crippen molar-refractivity contribution < 1.29 is 19.1 Å². The van der Waals surface area contributed by atoms with Crippen LogP contribution in [0.1, 0.15) is 32.1 Å².